The molecule has 0 aliphatic carbocycles. The van der Waals surface area contributed by atoms with Gasteiger partial charge in [0.1, 0.15) is 6.61 Å². The van der Waals surface area contributed by atoms with Crippen LogP contribution >= 0.6 is 23.2 Å². The molecule has 0 N–H and O–H groups in total. The summed E-state index contributed by atoms with van der Waals surface area (Å²) in [5.41, 5.74) is -0.0800. The third-order valence-electron chi connectivity index (χ3n) is 3.00. The lowest BCUT2D eigenvalue weighted by Crippen LogP contribution is -2.12. The molecule has 0 aliphatic rings. The minimum absolute atomic E-state index is 0.0850. The molecule has 0 unspecified atom stereocenters. The normalized spacial score (nSPS) is 12.3. The van der Waals surface area contributed by atoms with E-state index in [-0.39, 0.29) is 22.9 Å². The molecule has 0 saturated heterocycles. The second-order valence-electron chi connectivity index (χ2n) is 4.77. The van der Waals surface area contributed by atoms with Crippen LogP contribution in [0, 0.1) is 0 Å². The molecule has 2 nitrogen and oxygen atoms in total. The molecule has 0 spiro atoms. The second kappa shape index (κ2) is 7.23. The van der Waals surface area contributed by atoms with E-state index >= 15 is 0 Å². The quantitative estimate of drug-likeness (QED) is 0.486. The summed E-state index contributed by atoms with van der Waals surface area (Å²) in [6.07, 6.45) is -4.50. The minimum Gasteiger partial charge on any atom is -0.391 e. The van der Waals surface area contributed by atoms with Crippen LogP contribution in [0.5, 0.6) is 0 Å². The Morgan fingerprint density at radius 3 is 2.43 bits per heavy atom. The SMILES string of the molecule is CC(=NOCc1cccc(Cl)c1)c1cc(Cl)ccc1C(F)(F)F. The zero-order chi connectivity index (χ0) is 17.0. The van der Waals surface area contributed by atoms with Crippen LogP contribution < -0.4 is 0 Å². The number of benzene rings is 2. The summed E-state index contributed by atoms with van der Waals surface area (Å²) in [5, 5.41) is 4.48. The van der Waals surface area contributed by atoms with E-state index in [4.69, 9.17) is 28.0 Å². The molecule has 2 aromatic carbocycles. The Balaban J connectivity index is 2.19. The third kappa shape index (κ3) is 4.88. The van der Waals surface area contributed by atoms with Gasteiger partial charge in [-0.3, -0.25) is 0 Å². The Labute approximate surface area is 141 Å². The Morgan fingerprint density at radius 2 is 1.78 bits per heavy atom. The van der Waals surface area contributed by atoms with Gasteiger partial charge in [0.05, 0.1) is 11.3 Å². The van der Waals surface area contributed by atoms with Crippen molar-refractivity contribution in [3.05, 3.63) is 69.2 Å². The summed E-state index contributed by atoms with van der Waals surface area (Å²) < 4.78 is 39.1. The standard InChI is InChI=1S/C16H12Cl2F3NO/c1-10(22-23-9-11-3-2-4-12(17)7-11)14-8-13(18)5-6-15(14)16(19,20)21/h2-8H,9H2,1H3. The van der Waals surface area contributed by atoms with E-state index in [1.165, 1.54) is 19.1 Å². The highest BCUT2D eigenvalue weighted by Gasteiger charge is 2.34. The zero-order valence-electron chi connectivity index (χ0n) is 12.0. The van der Waals surface area contributed by atoms with Gasteiger partial charge in [0, 0.05) is 15.6 Å². The van der Waals surface area contributed by atoms with Crippen molar-refractivity contribution in [2.24, 2.45) is 5.16 Å². The smallest absolute Gasteiger partial charge is 0.391 e. The molecule has 2 rings (SSSR count). The van der Waals surface area contributed by atoms with Crippen LogP contribution in [0.1, 0.15) is 23.6 Å². The van der Waals surface area contributed by atoms with Crippen LogP contribution in [-0.4, -0.2) is 5.71 Å². The van der Waals surface area contributed by atoms with Crippen LogP contribution in [0.15, 0.2) is 47.6 Å². The van der Waals surface area contributed by atoms with E-state index < -0.39 is 11.7 Å². The van der Waals surface area contributed by atoms with Crippen LogP contribution in [0.4, 0.5) is 13.2 Å². The molecule has 0 fully saturated rings. The lowest BCUT2D eigenvalue weighted by molar-refractivity contribution is -0.137. The lowest BCUT2D eigenvalue weighted by Gasteiger charge is -2.12. The third-order valence-corrected chi connectivity index (χ3v) is 3.47. The van der Waals surface area contributed by atoms with Gasteiger partial charge in [-0.05, 0) is 42.8 Å². The molecule has 122 valence electrons. The van der Waals surface area contributed by atoms with Gasteiger partial charge in [-0.25, -0.2) is 0 Å². The number of rotatable bonds is 4. The van der Waals surface area contributed by atoms with Gasteiger partial charge in [0.15, 0.2) is 0 Å². The van der Waals surface area contributed by atoms with Crippen molar-refractivity contribution in [2.45, 2.75) is 19.7 Å². The van der Waals surface area contributed by atoms with Gasteiger partial charge in [0.25, 0.3) is 0 Å². The molecular weight excluding hydrogens is 350 g/mol. The van der Waals surface area contributed by atoms with Crippen molar-refractivity contribution >= 4 is 28.9 Å². The molecule has 0 atom stereocenters. The molecule has 2 aromatic rings. The summed E-state index contributed by atoms with van der Waals surface area (Å²) in [4.78, 5) is 5.12. The van der Waals surface area contributed by atoms with E-state index in [1.807, 2.05) is 0 Å². The molecule has 7 heteroatoms. The largest absolute Gasteiger partial charge is 0.417 e. The van der Waals surface area contributed by atoms with Crippen molar-refractivity contribution in [3.8, 4) is 0 Å². The number of nitrogens with zero attached hydrogens (tertiary/aromatic N) is 1. The van der Waals surface area contributed by atoms with Crippen LogP contribution in [0.2, 0.25) is 10.0 Å². The summed E-state index contributed by atoms with van der Waals surface area (Å²) in [6.45, 7) is 1.53. The first-order valence-electron chi connectivity index (χ1n) is 6.55. The Kier molecular flexibility index (Phi) is 5.55. The molecule has 0 amide bonds. The van der Waals surface area contributed by atoms with Gasteiger partial charge in [-0.1, -0.05) is 40.5 Å². The molecule has 0 saturated carbocycles. The van der Waals surface area contributed by atoms with Crippen molar-refractivity contribution in [2.75, 3.05) is 0 Å². The molecule has 0 aliphatic heterocycles. The van der Waals surface area contributed by atoms with E-state index in [2.05, 4.69) is 5.16 Å². The maximum Gasteiger partial charge on any atom is 0.417 e. The maximum absolute atomic E-state index is 13.0. The first kappa shape index (κ1) is 17.6. The number of hydrogen-bond donors (Lipinski definition) is 0. The number of alkyl halides is 3. The first-order valence-corrected chi connectivity index (χ1v) is 7.31. The monoisotopic (exact) mass is 361 g/mol. The fourth-order valence-electron chi connectivity index (χ4n) is 1.94. The molecule has 0 radical (unpaired) electrons. The zero-order valence-corrected chi connectivity index (χ0v) is 13.5. The van der Waals surface area contributed by atoms with E-state index in [0.29, 0.717) is 5.02 Å². The van der Waals surface area contributed by atoms with Gasteiger partial charge < -0.3 is 4.84 Å². The van der Waals surface area contributed by atoms with Gasteiger partial charge >= 0.3 is 6.18 Å². The van der Waals surface area contributed by atoms with Crippen LogP contribution in [0.25, 0.3) is 0 Å². The Morgan fingerprint density at radius 1 is 1.09 bits per heavy atom. The molecule has 23 heavy (non-hydrogen) atoms. The highest BCUT2D eigenvalue weighted by atomic mass is 35.5. The number of oxime groups is 1. The fourth-order valence-corrected chi connectivity index (χ4v) is 2.33. The van der Waals surface area contributed by atoms with E-state index in [9.17, 15) is 13.2 Å². The highest BCUT2D eigenvalue weighted by Crippen LogP contribution is 2.33. The van der Waals surface area contributed by atoms with Gasteiger partial charge in [0.2, 0.25) is 0 Å². The van der Waals surface area contributed by atoms with E-state index in [0.717, 1.165) is 11.6 Å². The topological polar surface area (TPSA) is 21.6 Å². The summed E-state index contributed by atoms with van der Waals surface area (Å²) in [7, 11) is 0. The lowest BCUT2D eigenvalue weighted by atomic mass is 10.0. The average Bonchev–Trinajstić information content (AvgIpc) is 2.46. The predicted octanol–water partition coefficient (Wildman–Crippen LogP) is 5.95. The maximum atomic E-state index is 13.0. The predicted molar refractivity (Wildman–Crippen MR) is 84.9 cm³/mol. The second-order valence-corrected chi connectivity index (χ2v) is 5.64. The Bertz CT molecular complexity index is 730. The molecular formula is C16H12Cl2F3NO. The van der Waals surface area contributed by atoms with Crippen molar-refractivity contribution in [1.82, 2.24) is 0 Å². The fraction of sp³-hybridized carbons (Fsp3) is 0.188. The Hall–Kier alpha value is -1.72. The van der Waals surface area contributed by atoms with Crippen LogP contribution in [0.3, 0.4) is 0 Å². The van der Waals surface area contributed by atoms with Gasteiger partial charge in [-0.15, -0.1) is 0 Å². The summed E-state index contributed by atoms with van der Waals surface area (Å²) >= 11 is 11.6. The summed E-state index contributed by atoms with van der Waals surface area (Å²) in [6, 6.07) is 10.2. The number of halogens is 5. The van der Waals surface area contributed by atoms with Crippen molar-refractivity contribution < 1.29 is 18.0 Å². The van der Waals surface area contributed by atoms with Crippen LogP contribution in [-0.2, 0) is 17.6 Å². The van der Waals surface area contributed by atoms with Gasteiger partial charge in [-0.2, -0.15) is 13.2 Å². The number of hydrogen-bond acceptors (Lipinski definition) is 2. The van der Waals surface area contributed by atoms with Crippen molar-refractivity contribution in [1.29, 1.82) is 0 Å². The summed E-state index contributed by atoms with van der Waals surface area (Å²) in [5.74, 6) is 0. The average molecular weight is 362 g/mol. The first-order chi connectivity index (χ1) is 10.8. The molecule has 0 bridgehead atoms. The molecule has 0 aromatic heterocycles. The minimum atomic E-state index is -4.50. The van der Waals surface area contributed by atoms with E-state index in [1.54, 1.807) is 24.3 Å². The molecule has 0 heterocycles. The highest BCUT2D eigenvalue weighted by molar-refractivity contribution is 6.31. The van der Waals surface area contributed by atoms with Crippen molar-refractivity contribution in [3.63, 3.8) is 0 Å².